The van der Waals surface area contributed by atoms with Gasteiger partial charge in [0.2, 0.25) is 0 Å². The van der Waals surface area contributed by atoms with Crippen LogP contribution in [0.15, 0.2) is 24.3 Å². The van der Waals surface area contributed by atoms with Crippen LogP contribution in [-0.4, -0.2) is 32.2 Å². The van der Waals surface area contributed by atoms with Crippen LogP contribution in [0.4, 0.5) is 13.2 Å². The molecule has 2 saturated heterocycles. The summed E-state index contributed by atoms with van der Waals surface area (Å²) in [5.74, 6) is 0. The lowest BCUT2D eigenvalue weighted by molar-refractivity contribution is -0.965. The molecule has 2 fully saturated rings. The zero-order valence-corrected chi connectivity index (χ0v) is 13.6. The van der Waals surface area contributed by atoms with Gasteiger partial charge in [-0.3, -0.25) is 0 Å². The van der Waals surface area contributed by atoms with Gasteiger partial charge in [-0.25, -0.2) is 0 Å². The van der Waals surface area contributed by atoms with Crippen molar-refractivity contribution in [2.75, 3.05) is 26.2 Å². The number of piperidine rings is 2. The van der Waals surface area contributed by atoms with Crippen molar-refractivity contribution in [2.45, 2.75) is 50.9 Å². The Morgan fingerprint density at radius 1 is 0.957 bits per heavy atom. The third-order valence-corrected chi connectivity index (χ3v) is 5.47. The van der Waals surface area contributed by atoms with Crippen molar-refractivity contribution in [3.05, 3.63) is 35.4 Å². The maximum Gasteiger partial charge on any atom is 0.416 e. The highest BCUT2D eigenvalue weighted by molar-refractivity contribution is 5.25. The number of rotatable bonds is 3. The molecule has 2 heterocycles. The molecule has 1 aromatic rings. The summed E-state index contributed by atoms with van der Waals surface area (Å²) in [6.45, 7) is 5.52. The van der Waals surface area contributed by atoms with Crippen LogP contribution in [0, 0.1) is 0 Å². The Morgan fingerprint density at radius 2 is 1.65 bits per heavy atom. The van der Waals surface area contributed by atoms with Crippen LogP contribution >= 0.6 is 0 Å². The molecule has 0 spiro atoms. The van der Waals surface area contributed by atoms with Crippen LogP contribution in [0.5, 0.6) is 0 Å². The number of halogens is 3. The highest BCUT2D eigenvalue weighted by Crippen LogP contribution is 2.29. The van der Waals surface area contributed by atoms with Gasteiger partial charge in [0.05, 0.1) is 37.8 Å². The summed E-state index contributed by atoms with van der Waals surface area (Å²) in [4.78, 5) is 3.20. The molecule has 2 nitrogen and oxygen atoms in total. The molecule has 2 aliphatic rings. The molecule has 0 atom stereocenters. The molecule has 3 rings (SSSR count). The van der Waals surface area contributed by atoms with E-state index in [9.17, 15) is 13.2 Å². The summed E-state index contributed by atoms with van der Waals surface area (Å²) in [5, 5.41) is 0. The third kappa shape index (κ3) is 4.48. The van der Waals surface area contributed by atoms with Crippen LogP contribution in [0.25, 0.3) is 0 Å². The first-order chi connectivity index (χ1) is 11.0. The molecule has 0 aromatic heterocycles. The quantitative estimate of drug-likeness (QED) is 0.828. The Morgan fingerprint density at radius 3 is 2.30 bits per heavy atom. The monoisotopic (exact) mass is 328 g/mol. The van der Waals surface area contributed by atoms with Gasteiger partial charge in [0.25, 0.3) is 0 Å². The van der Waals surface area contributed by atoms with Crippen molar-refractivity contribution < 1.29 is 23.0 Å². The van der Waals surface area contributed by atoms with Crippen LogP contribution in [0.1, 0.15) is 43.2 Å². The van der Waals surface area contributed by atoms with Gasteiger partial charge in [-0.05, 0) is 31.4 Å². The minimum absolute atomic E-state index is 0.526. The summed E-state index contributed by atoms with van der Waals surface area (Å²) in [5.41, 5.74) is 0.278. The van der Waals surface area contributed by atoms with Gasteiger partial charge in [0, 0.05) is 18.4 Å². The second-order valence-electron chi connectivity index (χ2n) is 7.12. The van der Waals surface area contributed by atoms with Gasteiger partial charge in [-0.1, -0.05) is 12.1 Å². The van der Waals surface area contributed by atoms with E-state index >= 15 is 0 Å². The van der Waals surface area contributed by atoms with Gasteiger partial charge in [-0.15, -0.1) is 0 Å². The molecule has 2 aliphatic heterocycles. The van der Waals surface area contributed by atoms with Crippen molar-refractivity contribution in [1.82, 2.24) is 0 Å². The number of benzene rings is 1. The van der Waals surface area contributed by atoms with E-state index in [2.05, 4.69) is 0 Å². The number of hydrogen-bond donors (Lipinski definition) is 2. The highest BCUT2D eigenvalue weighted by Gasteiger charge is 2.32. The van der Waals surface area contributed by atoms with Crippen LogP contribution in [-0.2, 0) is 12.7 Å². The minimum atomic E-state index is -4.24. The summed E-state index contributed by atoms with van der Waals surface area (Å²) in [6.07, 6.45) is 2.27. The van der Waals surface area contributed by atoms with Crippen molar-refractivity contribution in [1.29, 1.82) is 0 Å². The van der Waals surface area contributed by atoms with Gasteiger partial charge in [0.1, 0.15) is 6.54 Å². The lowest BCUT2D eigenvalue weighted by atomic mass is 9.99. The van der Waals surface area contributed by atoms with Gasteiger partial charge < -0.3 is 9.80 Å². The molecular weight excluding hydrogens is 301 g/mol. The Kier molecular flexibility index (Phi) is 5.27. The van der Waals surface area contributed by atoms with Crippen molar-refractivity contribution >= 4 is 0 Å². The molecular formula is C18H27F3N2+2. The maximum atomic E-state index is 12.8. The second-order valence-corrected chi connectivity index (χ2v) is 7.12. The van der Waals surface area contributed by atoms with Crippen LogP contribution in [0.2, 0.25) is 0 Å². The Balaban J connectivity index is 1.52. The fourth-order valence-corrected chi connectivity index (χ4v) is 4.17. The molecule has 0 saturated carbocycles. The number of quaternary nitrogens is 2. The van der Waals surface area contributed by atoms with Crippen LogP contribution < -0.4 is 9.80 Å². The van der Waals surface area contributed by atoms with Crippen molar-refractivity contribution in [3.8, 4) is 0 Å². The average Bonchev–Trinajstić information content (AvgIpc) is 2.56. The average molecular weight is 328 g/mol. The van der Waals surface area contributed by atoms with E-state index < -0.39 is 11.7 Å². The largest absolute Gasteiger partial charge is 0.416 e. The van der Waals surface area contributed by atoms with E-state index in [-0.39, 0.29) is 0 Å². The summed E-state index contributed by atoms with van der Waals surface area (Å²) < 4.78 is 38.4. The third-order valence-electron chi connectivity index (χ3n) is 5.47. The van der Waals surface area contributed by atoms with Gasteiger partial charge >= 0.3 is 6.18 Å². The number of hydrogen-bond acceptors (Lipinski definition) is 0. The Hall–Kier alpha value is -1.07. The molecule has 5 heteroatoms. The first kappa shape index (κ1) is 16.8. The van der Waals surface area contributed by atoms with E-state index in [4.69, 9.17) is 0 Å². The first-order valence-corrected chi connectivity index (χ1v) is 8.86. The Bertz CT molecular complexity index is 501. The summed E-state index contributed by atoms with van der Waals surface area (Å²) in [7, 11) is 0. The predicted molar refractivity (Wildman–Crippen MR) is 83.4 cm³/mol. The number of likely N-dealkylation sites (tertiary alicyclic amines) is 2. The van der Waals surface area contributed by atoms with E-state index in [0.29, 0.717) is 6.54 Å². The lowest BCUT2D eigenvalue weighted by Gasteiger charge is -2.36. The predicted octanol–water partition coefficient (Wildman–Crippen LogP) is 1.32. The van der Waals surface area contributed by atoms with Crippen LogP contribution in [0.3, 0.4) is 0 Å². The summed E-state index contributed by atoms with van der Waals surface area (Å²) >= 11 is 0. The van der Waals surface area contributed by atoms with Crippen molar-refractivity contribution in [2.24, 2.45) is 0 Å². The lowest BCUT2D eigenvalue weighted by Crippen LogP contribution is -3.20. The SMILES string of the molecule is FC(F)(F)c1cccc(C[NH+]2CCC([NH+]3CCCCC3)CC2)c1. The standard InChI is InChI=1S/C18H25F3N2/c19-18(20,21)16-6-4-5-15(13-16)14-22-11-7-17(8-12-22)23-9-2-1-3-10-23/h4-6,13,17H,1-3,7-12,14H2/p+2. The fourth-order valence-electron chi connectivity index (χ4n) is 4.17. The maximum absolute atomic E-state index is 12.8. The van der Waals surface area contributed by atoms with Gasteiger partial charge in [-0.2, -0.15) is 13.2 Å². The number of alkyl halides is 3. The molecule has 1 aromatic carbocycles. The first-order valence-electron chi connectivity index (χ1n) is 8.86. The minimum Gasteiger partial charge on any atom is -0.332 e. The van der Waals surface area contributed by atoms with E-state index in [1.807, 2.05) is 6.07 Å². The number of nitrogens with one attached hydrogen (secondary N) is 2. The summed E-state index contributed by atoms with van der Waals surface area (Å²) in [6, 6.07) is 6.60. The molecule has 0 bridgehead atoms. The second kappa shape index (κ2) is 7.22. The highest BCUT2D eigenvalue weighted by atomic mass is 19.4. The Labute approximate surface area is 136 Å². The van der Waals surface area contributed by atoms with Gasteiger partial charge in [0.15, 0.2) is 0 Å². The molecule has 2 N–H and O–H groups in total. The molecule has 128 valence electrons. The molecule has 0 radical (unpaired) electrons. The smallest absolute Gasteiger partial charge is 0.332 e. The van der Waals surface area contributed by atoms with E-state index in [1.165, 1.54) is 62.2 Å². The van der Waals surface area contributed by atoms with Crippen molar-refractivity contribution in [3.63, 3.8) is 0 Å². The molecule has 0 aliphatic carbocycles. The van der Waals surface area contributed by atoms with E-state index in [0.717, 1.165) is 30.8 Å². The van der Waals surface area contributed by atoms with E-state index in [1.54, 1.807) is 4.90 Å². The zero-order valence-electron chi connectivity index (χ0n) is 13.6. The molecule has 0 unspecified atom stereocenters. The fraction of sp³-hybridized carbons (Fsp3) is 0.667. The zero-order chi connectivity index (χ0) is 16.3. The molecule has 0 amide bonds. The molecule has 23 heavy (non-hydrogen) atoms. The normalized spacial score (nSPS) is 27.1. The topological polar surface area (TPSA) is 8.88 Å².